The van der Waals surface area contributed by atoms with Crippen LogP contribution >= 0.6 is 0 Å². The predicted molar refractivity (Wildman–Crippen MR) is 89.4 cm³/mol. The maximum atomic E-state index is 8.20. The maximum absolute atomic E-state index is 8.20. The van der Waals surface area contributed by atoms with Crippen molar-refractivity contribution < 1.29 is 0 Å². The van der Waals surface area contributed by atoms with Gasteiger partial charge in [-0.15, -0.1) is 0 Å². The fourth-order valence-electron chi connectivity index (χ4n) is 2.01. The molecule has 0 saturated heterocycles. The van der Waals surface area contributed by atoms with Crippen molar-refractivity contribution in [3.8, 4) is 0 Å². The molecule has 108 valence electrons. The molecule has 0 amide bonds. The second-order valence-electron chi connectivity index (χ2n) is 5.41. The standard InChI is InChI=1S/C18H21N3/c1-13-5-9-15(10-6-13)17(19)20-18(21(3)4)16-11-7-14(2)8-12-16/h5-12,19H,1-4H3. The lowest BCUT2D eigenvalue weighted by Gasteiger charge is -2.16. The van der Waals surface area contributed by atoms with Gasteiger partial charge in [0.2, 0.25) is 0 Å². The van der Waals surface area contributed by atoms with E-state index in [1.54, 1.807) is 0 Å². The number of nitrogens with zero attached hydrogens (tertiary/aromatic N) is 2. The van der Waals surface area contributed by atoms with E-state index in [-0.39, 0.29) is 5.84 Å². The van der Waals surface area contributed by atoms with Crippen LogP contribution in [0.2, 0.25) is 0 Å². The molecular weight excluding hydrogens is 258 g/mol. The van der Waals surface area contributed by atoms with Gasteiger partial charge in [-0.05, 0) is 13.8 Å². The SMILES string of the molecule is Cc1ccc(C(=N)N=C(c2ccc(C)cc2)N(C)C)cc1. The molecule has 2 aromatic carbocycles. The molecule has 0 heterocycles. The van der Waals surface area contributed by atoms with Gasteiger partial charge in [0.1, 0.15) is 5.84 Å². The van der Waals surface area contributed by atoms with Crippen LogP contribution < -0.4 is 0 Å². The first-order chi connectivity index (χ1) is 9.97. The van der Waals surface area contributed by atoms with E-state index in [2.05, 4.69) is 24.0 Å². The van der Waals surface area contributed by atoms with Crippen molar-refractivity contribution in [2.45, 2.75) is 13.8 Å². The zero-order chi connectivity index (χ0) is 15.4. The molecule has 0 aliphatic heterocycles. The summed E-state index contributed by atoms with van der Waals surface area (Å²) in [5.41, 5.74) is 4.24. The van der Waals surface area contributed by atoms with E-state index in [1.807, 2.05) is 62.3 Å². The molecule has 0 saturated carbocycles. The topological polar surface area (TPSA) is 39.5 Å². The first-order valence-corrected chi connectivity index (χ1v) is 6.96. The highest BCUT2D eigenvalue weighted by Gasteiger charge is 2.08. The number of rotatable bonds is 2. The van der Waals surface area contributed by atoms with E-state index in [9.17, 15) is 0 Å². The number of hydrogen-bond acceptors (Lipinski definition) is 1. The van der Waals surface area contributed by atoms with E-state index < -0.39 is 0 Å². The summed E-state index contributed by atoms with van der Waals surface area (Å²) in [6.45, 7) is 4.10. The lowest BCUT2D eigenvalue weighted by Crippen LogP contribution is -2.24. The second-order valence-corrected chi connectivity index (χ2v) is 5.41. The number of hydrogen-bond donors (Lipinski definition) is 1. The summed E-state index contributed by atoms with van der Waals surface area (Å²) in [5, 5.41) is 8.20. The first-order valence-electron chi connectivity index (χ1n) is 6.96. The summed E-state index contributed by atoms with van der Waals surface area (Å²) in [6, 6.07) is 16.1. The van der Waals surface area contributed by atoms with Gasteiger partial charge in [-0.1, -0.05) is 59.7 Å². The number of amidine groups is 2. The quantitative estimate of drug-likeness (QED) is 0.661. The van der Waals surface area contributed by atoms with E-state index >= 15 is 0 Å². The predicted octanol–water partition coefficient (Wildman–Crippen LogP) is 3.64. The zero-order valence-electron chi connectivity index (χ0n) is 13.0. The van der Waals surface area contributed by atoms with Crippen molar-refractivity contribution in [1.82, 2.24) is 4.90 Å². The molecule has 0 aliphatic rings. The minimum absolute atomic E-state index is 0.277. The van der Waals surface area contributed by atoms with Crippen molar-refractivity contribution in [2.75, 3.05) is 14.1 Å². The fourth-order valence-corrected chi connectivity index (χ4v) is 2.01. The van der Waals surface area contributed by atoms with Crippen LogP contribution in [0.4, 0.5) is 0 Å². The van der Waals surface area contributed by atoms with Gasteiger partial charge < -0.3 is 4.90 Å². The molecule has 0 unspecified atom stereocenters. The Balaban J connectivity index is 2.35. The summed E-state index contributed by atoms with van der Waals surface area (Å²) >= 11 is 0. The highest BCUT2D eigenvalue weighted by Crippen LogP contribution is 2.10. The van der Waals surface area contributed by atoms with Gasteiger partial charge >= 0.3 is 0 Å². The molecule has 0 atom stereocenters. The molecule has 0 radical (unpaired) electrons. The summed E-state index contributed by atoms with van der Waals surface area (Å²) in [6.07, 6.45) is 0. The fraction of sp³-hybridized carbons (Fsp3) is 0.222. The Kier molecular flexibility index (Phi) is 4.53. The third-order valence-corrected chi connectivity index (χ3v) is 3.28. The van der Waals surface area contributed by atoms with Crippen molar-refractivity contribution in [3.63, 3.8) is 0 Å². The van der Waals surface area contributed by atoms with Gasteiger partial charge in [0.05, 0.1) is 0 Å². The van der Waals surface area contributed by atoms with Crippen molar-refractivity contribution in [2.24, 2.45) is 4.99 Å². The lowest BCUT2D eigenvalue weighted by molar-refractivity contribution is 0.625. The van der Waals surface area contributed by atoms with Crippen LogP contribution in [0.1, 0.15) is 22.3 Å². The highest BCUT2D eigenvalue weighted by atomic mass is 15.1. The molecule has 3 heteroatoms. The number of aryl methyl sites for hydroxylation is 2. The maximum Gasteiger partial charge on any atom is 0.154 e. The van der Waals surface area contributed by atoms with Gasteiger partial charge in [0, 0.05) is 25.2 Å². The Morgan fingerprint density at radius 3 is 1.67 bits per heavy atom. The average Bonchev–Trinajstić information content (AvgIpc) is 2.46. The number of benzene rings is 2. The first kappa shape index (κ1) is 15.0. The minimum Gasteiger partial charge on any atom is -0.362 e. The molecule has 2 aromatic rings. The van der Waals surface area contributed by atoms with Gasteiger partial charge in [-0.3, -0.25) is 5.41 Å². The van der Waals surface area contributed by atoms with Crippen LogP contribution in [0.3, 0.4) is 0 Å². The third-order valence-electron chi connectivity index (χ3n) is 3.28. The van der Waals surface area contributed by atoms with Crippen LogP contribution in [-0.4, -0.2) is 30.7 Å². The highest BCUT2D eigenvalue weighted by molar-refractivity contribution is 6.10. The van der Waals surface area contributed by atoms with E-state index in [4.69, 9.17) is 5.41 Å². The van der Waals surface area contributed by atoms with Gasteiger partial charge in [0.15, 0.2) is 5.84 Å². The molecule has 21 heavy (non-hydrogen) atoms. The van der Waals surface area contributed by atoms with E-state index in [1.165, 1.54) is 11.1 Å². The van der Waals surface area contributed by atoms with Crippen LogP contribution in [-0.2, 0) is 0 Å². The third kappa shape index (κ3) is 3.78. The van der Waals surface area contributed by atoms with Crippen LogP contribution in [0.25, 0.3) is 0 Å². The Morgan fingerprint density at radius 2 is 1.24 bits per heavy atom. The summed E-state index contributed by atoms with van der Waals surface area (Å²) in [5.74, 6) is 1.07. The van der Waals surface area contributed by atoms with E-state index in [0.29, 0.717) is 0 Å². The molecule has 2 rings (SSSR count). The van der Waals surface area contributed by atoms with Crippen LogP contribution in [0, 0.1) is 19.3 Å². The molecule has 0 bridgehead atoms. The second kappa shape index (κ2) is 6.35. The monoisotopic (exact) mass is 279 g/mol. The van der Waals surface area contributed by atoms with Gasteiger partial charge in [-0.2, -0.15) is 0 Å². The zero-order valence-corrected chi connectivity index (χ0v) is 13.0. The molecule has 0 fully saturated rings. The van der Waals surface area contributed by atoms with Gasteiger partial charge in [-0.25, -0.2) is 4.99 Å². The minimum atomic E-state index is 0.277. The molecule has 0 spiro atoms. The van der Waals surface area contributed by atoms with E-state index in [0.717, 1.165) is 17.0 Å². The summed E-state index contributed by atoms with van der Waals surface area (Å²) in [4.78, 5) is 6.44. The Morgan fingerprint density at radius 1 is 0.810 bits per heavy atom. The molecule has 0 aromatic heterocycles. The normalized spacial score (nSPS) is 11.3. The Bertz CT molecular complexity index is 650. The van der Waals surface area contributed by atoms with Crippen molar-refractivity contribution in [3.05, 3.63) is 70.8 Å². The summed E-state index contributed by atoms with van der Waals surface area (Å²) < 4.78 is 0. The number of nitrogens with one attached hydrogen (secondary N) is 1. The molecule has 1 N–H and O–H groups in total. The molecular formula is C18H21N3. The largest absolute Gasteiger partial charge is 0.362 e. The molecule has 3 nitrogen and oxygen atoms in total. The van der Waals surface area contributed by atoms with Crippen molar-refractivity contribution in [1.29, 1.82) is 5.41 Å². The Labute approximate surface area is 126 Å². The summed E-state index contributed by atoms with van der Waals surface area (Å²) in [7, 11) is 3.89. The number of aliphatic imine (C=N–C) groups is 1. The van der Waals surface area contributed by atoms with Gasteiger partial charge in [0.25, 0.3) is 0 Å². The van der Waals surface area contributed by atoms with Crippen molar-refractivity contribution >= 4 is 11.7 Å². The lowest BCUT2D eigenvalue weighted by atomic mass is 10.1. The Hall–Kier alpha value is -2.42. The van der Waals surface area contributed by atoms with Crippen LogP contribution in [0.15, 0.2) is 53.5 Å². The molecule has 0 aliphatic carbocycles. The van der Waals surface area contributed by atoms with Crippen LogP contribution in [0.5, 0.6) is 0 Å². The average molecular weight is 279 g/mol. The smallest absolute Gasteiger partial charge is 0.154 e.